The minimum Gasteiger partial charge on any atom is -0.296 e. The van der Waals surface area contributed by atoms with E-state index in [0.29, 0.717) is 6.20 Å². The quantitative estimate of drug-likeness (QED) is 0.909. The van der Waals surface area contributed by atoms with Crippen LogP contribution in [0, 0.1) is 0 Å². The number of alkyl halides is 3. The Morgan fingerprint density at radius 1 is 1.29 bits per heavy atom. The lowest BCUT2D eigenvalue weighted by Crippen LogP contribution is -2.18. The van der Waals surface area contributed by atoms with Gasteiger partial charge in [-0.15, -0.1) is 10.2 Å². The Morgan fingerprint density at radius 2 is 1.95 bits per heavy atom. The number of hydrogen-bond acceptors (Lipinski definition) is 5. The maximum absolute atomic E-state index is 12.5. The molecule has 0 aromatic carbocycles. The third kappa shape index (κ3) is 3.03. The molecule has 2 rings (SSSR count). The van der Waals surface area contributed by atoms with Crippen molar-refractivity contribution in [3.05, 3.63) is 23.9 Å². The number of nitrogens with two attached hydrogens (primary N) is 1. The highest BCUT2D eigenvalue weighted by Crippen LogP contribution is 2.29. The van der Waals surface area contributed by atoms with Crippen LogP contribution in [-0.4, -0.2) is 28.2 Å². The van der Waals surface area contributed by atoms with Crippen molar-refractivity contribution >= 4 is 10.0 Å². The van der Waals surface area contributed by atoms with Gasteiger partial charge in [0.15, 0.2) is 5.82 Å². The van der Waals surface area contributed by atoms with Gasteiger partial charge in [0.2, 0.25) is 0 Å². The summed E-state index contributed by atoms with van der Waals surface area (Å²) in [5.74, 6) is 0.0234. The summed E-state index contributed by atoms with van der Waals surface area (Å²) < 4.78 is 61.2. The van der Waals surface area contributed by atoms with Crippen molar-refractivity contribution in [2.45, 2.75) is 24.8 Å². The summed E-state index contributed by atoms with van der Waals surface area (Å²) in [6.07, 6.45) is -3.86. The van der Waals surface area contributed by atoms with Gasteiger partial charge in [-0.05, 0) is 19.1 Å². The molecule has 0 spiro atoms. The SMILES string of the molecule is CCn1c(-c2ccc(C(F)(F)F)cn2)nnc1S(N)(=O)=O. The third-order valence-electron chi connectivity index (χ3n) is 2.61. The molecule has 0 atom stereocenters. The second kappa shape index (κ2) is 5.07. The van der Waals surface area contributed by atoms with Gasteiger partial charge in [-0.2, -0.15) is 13.2 Å². The molecule has 0 saturated carbocycles. The van der Waals surface area contributed by atoms with E-state index in [1.165, 1.54) is 0 Å². The molecule has 0 aliphatic rings. The van der Waals surface area contributed by atoms with E-state index in [1.54, 1.807) is 6.92 Å². The summed E-state index contributed by atoms with van der Waals surface area (Å²) in [5, 5.41) is 11.6. The smallest absolute Gasteiger partial charge is 0.296 e. The molecule has 114 valence electrons. The highest BCUT2D eigenvalue weighted by molar-refractivity contribution is 7.89. The van der Waals surface area contributed by atoms with Gasteiger partial charge < -0.3 is 0 Å². The van der Waals surface area contributed by atoms with Crippen molar-refractivity contribution in [2.75, 3.05) is 0 Å². The van der Waals surface area contributed by atoms with E-state index in [1.807, 2.05) is 0 Å². The van der Waals surface area contributed by atoms with Crippen LogP contribution in [0.1, 0.15) is 12.5 Å². The fourth-order valence-corrected chi connectivity index (χ4v) is 2.34. The first-order valence-electron chi connectivity index (χ1n) is 5.64. The molecule has 0 unspecified atom stereocenters. The maximum Gasteiger partial charge on any atom is 0.417 e. The molecule has 2 heterocycles. The minimum absolute atomic E-state index is 0.0234. The molecular weight excluding hydrogens is 311 g/mol. The van der Waals surface area contributed by atoms with Crippen LogP contribution >= 0.6 is 0 Å². The van der Waals surface area contributed by atoms with E-state index in [9.17, 15) is 21.6 Å². The first-order valence-corrected chi connectivity index (χ1v) is 7.19. The normalized spacial score (nSPS) is 12.6. The molecule has 0 bridgehead atoms. The number of sulfonamides is 1. The van der Waals surface area contributed by atoms with Gasteiger partial charge in [0.1, 0.15) is 5.69 Å². The molecule has 2 N–H and O–H groups in total. The number of hydrogen-bond donors (Lipinski definition) is 1. The topological polar surface area (TPSA) is 104 Å². The van der Waals surface area contributed by atoms with E-state index >= 15 is 0 Å². The predicted octanol–water partition coefficient (Wildman–Crippen LogP) is 1.03. The molecule has 0 saturated heterocycles. The van der Waals surface area contributed by atoms with Crippen molar-refractivity contribution < 1.29 is 21.6 Å². The highest BCUT2D eigenvalue weighted by atomic mass is 32.2. The van der Waals surface area contributed by atoms with Gasteiger partial charge in [0, 0.05) is 12.7 Å². The molecule has 0 fully saturated rings. The minimum atomic E-state index is -4.50. The number of pyridine rings is 1. The molecule has 0 aliphatic carbocycles. The molecule has 2 aromatic heterocycles. The summed E-state index contributed by atoms with van der Waals surface area (Å²) in [6, 6.07) is 1.92. The van der Waals surface area contributed by atoms with Crippen molar-refractivity contribution in [1.29, 1.82) is 0 Å². The predicted molar refractivity (Wildman–Crippen MR) is 65.3 cm³/mol. The third-order valence-corrected chi connectivity index (χ3v) is 3.42. The average molecular weight is 321 g/mol. The summed E-state index contributed by atoms with van der Waals surface area (Å²) in [4.78, 5) is 3.64. The van der Waals surface area contributed by atoms with Crippen molar-refractivity contribution in [3.8, 4) is 11.5 Å². The Balaban J connectivity index is 2.51. The number of halogens is 3. The fourth-order valence-electron chi connectivity index (χ4n) is 1.67. The van der Waals surface area contributed by atoms with Crippen LogP contribution in [0.15, 0.2) is 23.5 Å². The summed E-state index contributed by atoms with van der Waals surface area (Å²) in [5.41, 5.74) is -0.854. The second-order valence-corrected chi connectivity index (χ2v) is 5.48. The number of rotatable bonds is 3. The van der Waals surface area contributed by atoms with Gasteiger partial charge in [0.25, 0.3) is 15.2 Å². The molecule has 11 heteroatoms. The van der Waals surface area contributed by atoms with Crippen molar-refractivity contribution in [3.63, 3.8) is 0 Å². The summed E-state index contributed by atoms with van der Waals surface area (Å²) in [7, 11) is -4.08. The lowest BCUT2D eigenvalue weighted by atomic mass is 10.2. The Morgan fingerprint density at radius 3 is 2.38 bits per heavy atom. The van der Waals surface area contributed by atoms with Gasteiger partial charge in [-0.1, -0.05) is 0 Å². The van der Waals surface area contributed by atoms with Crippen molar-refractivity contribution in [1.82, 2.24) is 19.7 Å². The first kappa shape index (κ1) is 15.4. The average Bonchev–Trinajstić information content (AvgIpc) is 2.81. The van der Waals surface area contributed by atoms with Crippen LogP contribution in [-0.2, 0) is 22.7 Å². The van der Waals surface area contributed by atoms with Crippen LogP contribution < -0.4 is 5.14 Å². The zero-order valence-corrected chi connectivity index (χ0v) is 11.5. The van der Waals surface area contributed by atoms with E-state index in [4.69, 9.17) is 5.14 Å². The molecule has 0 amide bonds. The lowest BCUT2D eigenvalue weighted by molar-refractivity contribution is -0.137. The van der Waals surface area contributed by atoms with Gasteiger partial charge in [-0.3, -0.25) is 9.55 Å². The van der Waals surface area contributed by atoms with Crippen LogP contribution in [0.4, 0.5) is 13.2 Å². The number of aromatic nitrogens is 4. The summed E-state index contributed by atoms with van der Waals surface area (Å²) >= 11 is 0. The van der Waals surface area contributed by atoms with E-state index in [2.05, 4.69) is 15.2 Å². The molecular formula is C10H10F3N5O2S. The number of primary sulfonamides is 1. The van der Waals surface area contributed by atoms with Gasteiger partial charge >= 0.3 is 6.18 Å². The first-order chi connectivity index (χ1) is 9.64. The molecule has 21 heavy (non-hydrogen) atoms. The maximum atomic E-state index is 12.5. The zero-order chi connectivity index (χ0) is 15.8. The molecule has 7 nitrogen and oxygen atoms in total. The van der Waals surface area contributed by atoms with Crippen LogP contribution in [0.25, 0.3) is 11.5 Å². The molecule has 2 aromatic rings. The Hall–Kier alpha value is -2.01. The van der Waals surface area contributed by atoms with E-state index in [-0.39, 0.29) is 18.1 Å². The second-order valence-electron chi connectivity index (χ2n) is 4.03. The van der Waals surface area contributed by atoms with Gasteiger partial charge in [-0.25, -0.2) is 13.6 Å². The molecule has 0 aliphatic heterocycles. The molecule has 0 radical (unpaired) electrons. The largest absolute Gasteiger partial charge is 0.417 e. The lowest BCUT2D eigenvalue weighted by Gasteiger charge is -2.08. The summed E-state index contributed by atoms with van der Waals surface area (Å²) in [6.45, 7) is 1.78. The standard InChI is InChI=1S/C10H10F3N5O2S/c1-2-18-8(16-17-9(18)21(14,19)20)7-4-3-6(5-15-7)10(11,12)13/h3-5H,2H2,1H3,(H2,14,19,20). The fraction of sp³-hybridized carbons (Fsp3) is 0.300. The Kier molecular flexibility index (Phi) is 3.72. The van der Waals surface area contributed by atoms with E-state index < -0.39 is 26.9 Å². The van der Waals surface area contributed by atoms with Crippen LogP contribution in [0.5, 0.6) is 0 Å². The monoisotopic (exact) mass is 321 g/mol. The van der Waals surface area contributed by atoms with E-state index in [0.717, 1.165) is 16.7 Å². The van der Waals surface area contributed by atoms with Gasteiger partial charge in [0.05, 0.1) is 5.56 Å². The van der Waals surface area contributed by atoms with Crippen molar-refractivity contribution in [2.24, 2.45) is 5.14 Å². The zero-order valence-electron chi connectivity index (χ0n) is 10.7. The van der Waals surface area contributed by atoms with Crippen LogP contribution in [0.3, 0.4) is 0 Å². The van der Waals surface area contributed by atoms with Crippen LogP contribution in [0.2, 0.25) is 0 Å². The highest BCUT2D eigenvalue weighted by Gasteiger charge is 2.31. The Labute approximate surface area is 117 Å². The Bertz CT molecular complexity index is 752. The number of nitrogens with zero attached hydrogens (tertiary/aromatic N) is 4.